The van der Waals surface area contributed by atoms with Gasteiger partial charge in [0.2, 0.25) is 5.91 Å². The minimum atomic E-state index is -0.112. The fraction of sp³-hybridized carbons (Fsp3) is 0.500. The summed E-state index contributed by atoms with van der Waals surface area (Å²) in [7, 11) is 0. The van der Waals surface area contributed by atoms with Gasteiger partial charge in [0, 0.05) is 24.9 Å². The molecule has 0 radical (unpaired) electrons. The average molecular weight is 277 g/mol. The van der Waals surface area contributed by atoms with Gasteiger partial charge in [-0.3, -0.25) is 9.59 Å². The van der Waals surface area contributed by atoms with Gasteiger partial charge in [0.1, 0.15) is 0 Å². The van der Waals surface area contributed by atoms with Gasteiger partial charge in [-0.15, -0.1) is 0 Å². The van der Waals surface area contributed by atoms with Gasteiger partial charge in [0.25, 0.3) is 0 Å². The van der Waals surface area contributed by atoms with Crippen molar-refractivity contribution in [2.24, 2.45) is 0 Å². The fourth-order valence-corrected chi connectivity index (χ4v) is 1.82. The summed E-state index contributed by atoms with van der Waals surface area (Å²) in [6.45, 7) is 6.77. The van der Waals surface area contributed by atoms with Gasteiger partial charge in [-0.05, 0) is 26.3 Å². The molecule has 0 fully saturated rings. The van der Waals surface area contributed by atoms with Crippen LogP contribution in [0.15, 0.2) is 24.3 Å². The van der Waals surface area contributed by atoms with Crippen molar-refractivity contribution in [3.05, 3.63) is 35.4 Å². The first-order chi connectivity index (χ1) is 9.50. The lowest BCUT2D eigenvalue weighted by atomic mass is 10.0. The van der Waals surface area contributed by atoms with Crippen LogP contribution in [0.25, 0.3) is 0 Å². The molecule has 0 aromatic heterocycles. The van der Waals surface area contributed by atoms with Crippen LogP contribution in [0.2, 0.25) is 0 Å². The van der Waals surface area contributed by atoms with Gasteiger partial charge < -0.3 is 10.1 Å². The molecule has 4 nitrogen and oxygen atoms in total. The number of hydrogen-bond donors (Lipinski definition) is 1. The summed E-state index contributed by atoms with van der Waals surface area (Å²) in [5.74, 6) is -0.101. The number of nitrogens with one attached hydrogen (secondary N) is 1. The normalized spacial score (nSPS) is 10.6. The Morgan fingerprint density at radius 2 is 1.90 bits per heavy atom. The van der Waals surface area contributed by atoms with E-state index in [2.05, 4.69) is 5.32 Å². The van der Waals surface area contributed by atoms with E-state index in [1.807, 2.05) is 39.0 Å². The van der Waals surface area contributed by atoms with E-state index in [1.165, 1.54) is 0 Å². The second kappa shape index (κ2) is 8.48. The lowest BCUT2D eigenvalue weighted by molar-refractivity contribution is -0.121. The molecule has 0 saturated heterocycles. The van der Waals surface area contributed by atoms with Gasteiger partial charge in [-0.25, -0.2) is 0 Å². The minimum Gasteiger partial charge on any atom is -0.377 e. The molecule has 20 heavy (non-hydrogen) atoms. The Morgan fingerprint density at radius 1 is 1.20 bits per heavy atom. The van der Waals surface area contributed by atoms with Crippen LogP contribution in [0.3, 0.4) is 0 Å². The zero-order chi connectivity index (χ0) is 15.0. The van der Waals surface area contributed by atoms with Crippen LogP contribution in [-0.2, 0) is 9.53 Å². The van der Waals surface area contributed by atoms with Crippen molar-refractivity contribution in [1.29, 1.82) is 0 Å². The molecule has 0 aliphatic heterocycles. The van der Waals surface area contributed by atoms with Crippen molar-refractivity contribution >= 4 is 11.7 Å². The molecule has 4 heteroatoms. The van der Waals surface area contributed by atoms with Crippen LogP contribution in [0.4, 0.5) is 0 Å². The van der Waals surface area contributed by atoms with Crippen molar-refractivity contribution in [3.8, 4) is 0 Å². The topological polar surface area (TPSA) is 55.4 Å². The maximum absolute atomic E-state index is 12.0. The number of carbonyl (C=O) groups excluding carboxylic acids is 2. The SMILES string of the molecule is Cc1ccccc1C(=O)CCC(=O)NCCOC(C)C. The van der Waals surface area contributed by atoms with Crippen LogP contribution in [0.1, 0.15) is 42.6 Å². The highest BCUT2D eigenvalue weighted by Crippen LogP contribution is 2.10. The minimum absolute atomic E-state index is 0.0108. The Balaban J connectivity index is 2.27. The Labute approximate surface area is 120 Å². The highest BCUT2D eigenvalue weighted by atomic mass is 16.5. The smallest absolute Gasteiger partial charge is 0.220 e. The van der Waals surface area contributed by atoms with Crippen LogP contribution in [0, 0.1) is 6.92 Å². The molecular weight excluding hydrogens is 254 g/mol. The summed E-state index contributed by atoms with van der Waals surface area (Å²) in [5, 5.41) is 2.74. The number of ether oxygens (including phenoxy) is 1. The number of amides is 1. The second-order valence-corrected chi connectivity index (χ2v) is 5.01. The van der Waals surface area contributed by atoms with E-state index in [0.29, 0.717) is 18.7 Å². The molecule has 0 aliphatic rings. The Bertz CT molecular complexity index is 455. The van der Waals surface area contributed by atoms with Crippen LogP contribution in [0.5, 0.6) is 0 Å². The number of benzene rings is 1. The Morgan fingerprint density at radius 3 is 2.55 bits per heavy atom. The predicted molar refractivity (Wildman–Crippen MR) is 78.8 cm³/mol. The molecule has 0 saturated carbocycles. The van der Waals surface area contributed by atoms with Crippen molar-refractivity contribution in [2.75, 3.05) is 13.2 Å². The maximum atomic E-state index is 12.0. The third-order valence-corrected chi connectivity index (χ3v) is 2.90. The number of ketones is 1. The molecule has 1 rings (SSSR count). The summed E-state index contributed by atoms with van der Waals surface area (Å²) in [4.78, 5) is 23.6. The standard InChI is InChI=1S/C16H23NO3/c1-12(2)20-11-10-17-16(19)9-8-15(18)14-7-5-4-6-13(14)3/h4-7,12H,8-11H2,1-3H3,(H,17,19). The zero-order valence-electron chi connectivity index (χ0n) is 12.4. The summed E-state index contributed by atoms with van der Waals surface area (Å²) in [6, 6.07) is 7.43. The molecule has 0 spiro atoms. The molecule has 110 valence electrons. The molecule has 1 aromatic rings. The van der Waals surface area contributed by atoms with Crippen LogP contribution >= 0.6 is 0 Å². The first-order valence-electron chi connectivity index (χ1n) is 6.98. The average Bonchev–Trinajstić information content (AvgIpc) is 2.41. The number of aryl methyl sites for hydroxylation is 1. The van der Waals surface area contributed by atoms with Crippen LogP contribution < -0.4 is 5.32 Å². The fourth-order valence-electron chi connectivity index (χ4n) is 1.82. The molecular formula is C16H23NO3. The van der Waals surface area contributed by atoms with E-state index in [1.54, 1.807) is 6.07 Å². The third-order valence-electron chi connectivity index (χ3n) is 2.90. The van der Waals surface area contributed by atoms with E-state index >= 15 is 0 Å². The molecule has 1 aromatic carbocycles. The van der Waals surface area contributed by atoms with Crippen molar-refractivity contribution < 1.29 is 14.3 Å². The third kappa shape index (κ3) is 5.97. The van der Waals surface area contributed by atoms with E-state index in [4.69, 9.17) is 4.74 Å². The van der Waals surface area contributed by atoms with E-state index in [9.17, 15) is 9.59 Å². The highest BCUT2D eigenvalue weighted by molar-refractivity contribution is 5.99. The molecule has 0 heterocycles. The van der Waals surface area contributed by atoms with Crippen LogP contribution in [-0.4, -0.2) is 30.9 Å². The zero-order valence-corrected chi connectivity index (χ0v) is 12.4. The Kier molecular flexibility index (Phi) is 6.94. The van der Waals surface area contributed by atoms with Gasteiger partial charge in [-0.1, -0.05) is 24.3 Å². The van der Waals surface area contributed by atoms with Gasteiger partial charge in [0.05, 0.1) is 12.7 Å². The lowest BCUT2D eigenvalue weighted by Crippen LogP contribution is -2.28. The summed E-state index contributed by atoms with van der Waals surface area (Å²) >= 11 is 0. The van der Waals surface area contributed by atoms with E-state index in [-0.39, 0.29) is 30.6 Å². The van der Waals surface area contributed by atoms with Gasteiger partial charge in [-0.2, -0.15) is 0 Å². The molecule has 1 N–H and O–H groups in total. The van der Waals surface area contributed by atoms with Crippen molar-refractivity contribution in [2.45, 2.75) is 39.7 Å². The molecule has 0 bridgehead atoms. The summed E-state index contributed by atoms with van der Waals surface area (Å²) in [5.41, 5.74) is 1.65. The largest absolute Gasteiger partial charge is 0.377 e. The molecule has 0 unspecified atom stereocenters. The number of rotatable bonds is 8. The quantitative estimate of drug-likeness (QED) is 0.586. The second-order valence-electron chi connectivity index (χ2n) is 5.01. The first kappa shape index (κ1) is 16.4. The van der Waals surface area contributed by atoms with Crippen molar-refractivity contribution in [1.82, 2.24) is 5.32 Å². The molecule has 1 amide bonds. The highest BCUT2D eigenvalue weighted by Gasteiger charge is 2.10. The number of hydrogen-bond acceptors (Lipinski definition) is 3. The van der Waals surface area contributed by atoms with E-state index in [0.717, 1.165) is 5.56 Å². The maximum Gasteiger partial charge on any atom is 0.220 e. The summed E-state index contributed by atoms with van der Waals surface area (Å²) < 4.78 is 5.32. The number of Topliss-reactive ketones (excluding diaryl/α,β-unsaturated/α-hetero) is 1. The first-order valence-corrected chi connectivity index (χ1v) is 6.98. The van der Waals surface area contributed by atoms with E-state index < -0.39 is 0 Å². The molecule has 0 atom stereocenters. The van der Waals surface area contributed by atoms with Gasteiger partial charge in [0.15, 0.2) is 5.78 Å². The Hall–Kier alpha value is -1.68. The lowest BCUT2D eigenvalue weighted by Gasteiger charge is -2.08. The van der Waals surface area contributed by atoms with Gasteiger partial charge >= 0.3 is 0 Å². The van der Waals surface area contributed by atoms with Crippen molar-refractivity contribution in [3.63, 3.8) is 0 Å². The monoisotopic (exact) mass is 277 g/mol. The number of carbonyl (C=O) groups is 2. The summed E-state index contributed by atoms with van der Waals surface area (Å²) in [6.07, 6.45) is 0.617. The molecule has 0 aliphatic carbocycles. The predicted octanol–water partition coefficient (Wildman–Crippen LogP) is 2.50.